The van der Waals surface area contributed by atoms with Gasteiger partial charge < -0.3 is 10.6 Å². The van der Waals surface area contributed by atoms with E-state index in [4.69, 9.17) is 0 Å². The summed E-state index contributed by atoms with van der Waals surface area (Å²) in [6.07, 6.45) is 5.48. The lowest BCUT2D eigenvalue weighted by Crippen LogP contribution is -2.41. The lowest BCUT2D eigenvalue weighted by Gasteiger charge is -2.19. The minimum Gasteiger partial charge on any atom is -0.312 e. The molecule has 0 fully saturated rings. The van der Waals surface area contributed by atoms with Crippen LogP contribution in [-0.4, -0.2) is 57.6 Å². The first kappa shape index (κ1) is 18.2. The number of hydrogen-bond acceptors (Lipinski definition) is 4. The molecule has 0 aliphatic carbocycles. The molecule has 6 heteroatoms. The second kappa shape index (κ2) is 11.1. The summed E-state index contributed by atoms with van der Waals surface area (Å²) < 4.78 is 22.3. The first-order valence-corrected chi connectivity index (χ1v) is 10.0. The highest BCUT2D eigenvalue weighted by Crippen LogP contribution is 1.94. The third-order valence-electron chi connectivity index (χ3n) is 2.85. The van der Waals surface area contributed by atoms with Crippen LogP contribution in [0.5, 0.6) is 0 Å². The molecular weight excluding hydrogens is 268 g/mol. The maximum atomic E-state index is 11.1. The molecule has 0 rings (SSSR count). The summed E-state index contributed by atoms with van der Waals surface area (Å²) in [6, 6.07) is 0.663. The van der Waals surface area contributed by atoms with Gasteiger partial charge >= 0.3 is 0 Å². The Morgan fingerprint density at radius 2 is 1.17 bits per heavy atom. The third-order valence-corrected chi connectivity index (χ3v) is 4.59. The van der Waals surface area contributed by atoms with Crippen LogP contribution >= 0.6 is 0 Å². The zero-order chi connectivity index (χ0) is 14.0. The van der Waals surface area contributed by atoms with Crippen molar-refractivity contribution in [1.82, 2.24) is 10.6 Å². The molecular formula is C12H28N2O2S2. The first-order valence-electron chi connectivity index (χ1n) is 6.56. The Hall–Kier alpha value is 0.220. The molecule has 2 N–H and O–H groups in total. The Morgan fingerprint density at radius 1 is 0.833 bits per heavy atom. The molecule has 0 heterocycles. The van der Waals surface area contributed by atoms with E-state index in [0.29, 0.717) is 23.6 Å². The fourth-order valence-electron chi connectivity index (χ4n) is 1.76. The van der Waals surface area contributed by atoms with Crippen LogP contribution in [0.4, 0.5) is 0 Å². The Labute approximate surface area is 117 Å². The van der Waals surface area contributed by atoms with Crippen molar-refractivity contribution in [1.29, 1.82) is 0 Å². The maximum absolute atomic E-state index is 11.1. The highest BCUT2D eigenvalue weighted by atomic mass is 32.2. The molecule has 0 saturated carbocycles. The largest absolute Gasteiger partial charge is 0.312 e. The van der Waals surface area contributed by atoms with E-state index in [9.17, 15) is 8.42 Å². The van der Waals surface area contributed by atoms with Gasteiger partial charge in [0.05, 0.1) is 0 Å². The summed E-state index contributed by atoms with van der Waals surface area (Å²) in [4.78, 5) is 0. The number of hydrogen-bond donors (Lipinski definition) is 2. The maximum Gasteiger partial charge on any atom is 0.0385 e. The number of nitrogens with one attached hydrogen (secondary N) is 2. The fraction of sp³-hybridized carbons (Fsp3) is 1.00. The van der Waals surface area contributed by atoms with E-state index in [1.165, 1.54) is 0 Å². The molecule has 0 amide bonds. The minimum absolute atomic E-state index is 0.331. The van der Waals surface area contributed by atoms with Gasteiger partial charge in [-0.3, -0.25) is 8.42 Å². The summed E-state index contributed by atoms with van der Waals surface area (Å²) in [5, 5.41) is 6.80. The van der Waals surface area contributed by atoms with Crippen molar-refractivity contribution >= 4 is 21.6 Å². The Kier molecular flexibility index (Phi) is 11.2. The van der Waals surface area contributed by atoms with Gasteiger partial charge in [0.2, 0.25) is 0 Å². The van der Waals surface area contributed by atoms with Crippen LogP contribution in [0.3, 0.4) is 0 Å². The lowest BCUT2D eigenvalue weighted by atomic mass is 10.2. The van der Waals surface area contributed by atoms with Gasteiger partial charge in [-0.2, -0.15) is 0 Å². The fourth-order valence-corrected chi connectivity index (χ4v) is 3.60. The average molecular weight is 297 g/mol. The Bertz CT molecular complexity index is 236. The van der Waals surface area contributed by atoms with Crippen LogP contribution in [0.2, 0.25) is 0 Å². The van der Waals surface area contributed by atoms with E-state index in [0.717, 1.165) is 25.9 Å². The molecule has 0 aliphatic rings. The average Bonchev–Trinajstić information content (AvgIpc) is 2.30. The quantitative estimate of drug-likeness (QED) is 0.545. The van der Waals surface area contributed by atoms with Crippen molar-refractivity contribution in [2.45, 2.75) is 38.8 Å². The molecule has 0 spiro atoms. The summed E-state index contributed by atoms with van der Waals surface area (Å²) in [7, 11) is -1.48. The number of rotatable bonds is 11. The van der Waals surface area contributed by atoms with Crippen LogP contribution in [-0.2, 0) is 21.6 Å². The molecule has 18 heavy (non-hydrogen) atoms. The summed E-state index contributed by atoms with van der Waals surface area (Å²) in [5.74, 6) is 1.43. The molecule has 4 nitrogen and oxygen atoms in total. The highest BCUT2D eigenvalue weighted by Gasteiger charge is 2.09. The van der Waals surface area contributed by atoms with Crippen molar-refractivity contribution in [3.63, 3.8) is 0 Å². The molecule has 4 unspecified atom stereocenters. The molecule has 0 radical (unpaired) electrons. The van der Waals surface area contributed by atoms with Crippen molar-refractivity contribution in [2.75, 3.05) is 37.1 Å². The van der Waals surface area contributed by atoms with E-state index in [2.05, 4.69) is 24.5 Å². The van der Waals surface area contributed by atoms with E-state index in [1.54, 1.807) is 12.5 Å². The monoisotopic (exact) mass is 296 g/mol. The van der Waals surface area contributed by atoms with Gasteiger partial charge in [0, 0.05) is 70.8 Å². The molecule has 0 saturated heterocycles. The van der Waals surface area contributed by atoms with E-state index < -0.39 is 21.6 Å². The normalized spacial score (nSPS) is 18.2. The van der Waals surface area contributed by atoms with E-state index in [1.807, 2.05) is 0 Å². The van der Waals surface area contributed by atoms with E-state index in [-0.39, 0.29) is 0 Å². The Morgan fingerprint density at radius 3 is 1.39 bits per heavy atom. The molecule has 0 bridgehead atoms. The molecule has 0 aromatic rings. The van der Waals surface area contributed by atoms with Gasteiger partial charge in [0.1, 0.15) is 0 Å². The second-order valence-corrected chi connectivity index (χ2v) is 7.56. The Balaban J connectivity index is 3.75. The van der Waals surface area contributed by atoms with Gasteiger partial charge in [-0.25, -0.2) is 0 Å². The predicted octanol–water partition coefficient (Wildman–Crippen LogP) is 0.480. The van der Waals surface area contributed by atoms with Gasteiger partial charge in [0.15, 0.2) is 0 Å². The minimum atomic E-state index is -0.742. The van der Waals surface area contributed by atoms with Crippen LogP contribution in [0.25, 0.3) is 0 Å². The van der Waals surface area contributed by atoms with Gasteiger partial charge in [-0.15, -0.1) is 0 Å². The van der Waals surface area contributed by atoms with Crippen LogP contribution in [0.1, 0.15) is 26.7 Å². The van der Waals surface area contributed by atoms with Gasteiger partial charge in [-0.1, -0.05) is 13.8 Å². The van der Waals surface area contributed by atoms with Crippen LogP contribution < -0.4 is 10.6 Å². The molecule has 0 aromatic heterocycles. The highest BCUT2D eigenvalue weighted by molar-refractivity contribution is 7.84. The molecule has 4 atom stereocenters. The van der Waals surface area contributed by atoms with Crippen LogP contribution in [0.15, 0.2) is 0 Å². The summed E-state index contributed by atoms with van der Waals surface area (Å²) >= 11 is 0. The van der Waals surface area contributed by atoms with E-state index >= 15 is 0 Å². The third kappa shape index (κ3) is 10.2. The van der Waals surface area contributed by atoms with Gasteiger partial charge in [-0.05, 0) is 12.8 Å². The zero-order valence-electron chi connectivity index (χ0n) is 12.0. The topological polar surface area (TPSA) is 58.2 Å². The smallest absolute Gasteiger partial charge is 0.0385 e. The standard InChI is InChI=1S/C12H28N2O2S2/c1-5-11(9-17(3)15)13-7-8-14-12(6-2)10-18(4)16/h11-14H,5-10H2,1-4H3. The summed E-state index contributed by atoms with van der Waals surface area (Å²) in [5.41, 5.74) is 0. The molecule has 0 aliphatic heterocycles. The van der Waals surface area contributed by atoms with Crippen molar-refractivity contribution in [2.24, 2.45) is 0 Å². The molecule has 110 valence electrons. The van der Waals surface area contributed by atoms with Crippen LogP contribution in [0, 0.1) is 0 Å². The van der Waals surface area contributed by atoms with Gasteiger partial charge in [0.25, 0.3) is 0 Å². The predicted molar refractivity (Wildman–Crippen MR) is 82.0 cm³/mol. The van der Waals surface area contributed by atoms with Crippen molar-refractivity contribution < 1.29 is 8.42 Å². The summed E-state index contributed by atoms with van der Waals surface area (Å²) in [6.45, 7) is 5.94. The molecule has 0 aromatic carbocycles. The second-order valence-electron chi connectivity index (χ2n) is 4.60. The van der Waals surface area contributed by atoms with Crippen molar-refractivity contribution in [3.8, 4) is 0 Å². The first-order chi connectivity index (χ1) is 8.49. The lowest BCUT2D eigenvalue weighted by molar-refractivity contribution is 0.484. The van der Waals surface area contributed by atoms with Crippen molar-refractivity contribution in [3.05, 3.63) is 0 Å². The zero-order valence-corrected chi connectivity index (χ0v) is 13.7. The SMILES string of the molecule is CCC(CS(C)=O)NCCNC(CC)CS(C)=O.